The van der Waals surface area contributed by atoms with Gasteiger partial charge in [-0.15, -0.1) is 0 Å². The highest BCUT2D eigenvalue weighted by Crippen LogP contribution is 2.47. The first-order valence-electron chi connectivity index (χ1n) is 5.51. The van der Waals surface area contributed by atoms with Gasteiger partial charge >= 0.3 is 5.69 Å². The number of nitro benzene ring substituents is 1. The van der Waals surface area contributed by atoms with Crippen LogP contribution in [0.2, 0.25) is 0 Å². The van der Waals surface area contributed by atoms with Gasteiger partial charge in [0, 0.05) is 16.8 Å². The van der Waals surface area contributed by atoms with E-state index in [2.05, 4.69) is 15.9 Å². The van der Waals surface area contributed by atoms with Crippen LogP contribution in [-0.2, 0) is 0 Å². The number of benzene rings is 1. The van der Waals surface area contributed by atoms with E-state index in [1.54, 1.807) is 6.07 Å². The quantitative estimate of drug-likeness (QED) is 0.475. The molecule has 0 amide bonds. The fraction of sp³-hybridized carbons (Fsp3) is 0.500. The smallest absolute Gasteiger partial charge is 0.311 e. The van der Waals surface area contributed by atoms with Gasteiger partial charge < -0.3 is 4.74 Å². The predicted octanol–water partition coefficient (Wildman–Crippen LogP) is 3.46. The average Bonchev–Trinajstić information content (AvgIpc) is 3.08. The summed E-state index contributed by atoms with van der Waals surface area (Å²) in [5.41, 5.74) is 1.05. The van der Waals surface area contributed by atoms with Gasteiger partial charge in [0.05, 0.1) is 11.5 Å². The number of nitro groups is 1. The third-order valence-electron chi connectivity index (χ3n) is 3.15. The normalized spacial score (nSPS) is 16.6. The van der Waals surface area contributed by atoms with E-state index in [-0.39, 0.29) is 11.1 Å². The molecule has 0 radical (unpaired) electrons. The molecule has 0 aromatic heterocycles. The Labute approximate surface area is 108 Å². The first-order valence-corrected chi connectivity index (χ1v) is 6.63. The molecule has 1 aliphatic carbocycles. The number of alkyl halides is 1. The van der Waals surface area contributed by atoms with Gasteiger partial charge in [0.1, 0.15) is 0 Å². The summed E-state index contributed by atoms with van der Waals surface area (Å²) in [4.78, 5) is 10.5. The zero-order chi connectivity index (χ0) is 12.5. The zero-order valence-electron chi connectivity index (χ0n) is 9.61. The van der Waals surface area contributed by atoms with Crippen molar-refractivity contribution in [1.29, 1.82) is 0 Å². The lowest BCUT2D eigenvalue weighted by Crippen LogP contribution is -2.15. The van der Waals surface area contributed by atoms with Crippen LogP contribution in [0.25, 0.3) is 0 Å². The molecule has 0 bridgehead atoms. The lowest BCUT2D eigenvalue weighted by molar-refractivity contribution is -0.386. The summed E-state index contributed by atoms with van der Waals surface area (Å²) in [6.07, 6.45) is 2.25. The largest absolute Gasteiger partial charge is 0.486 e. The molecule has 4 nitrogen and oxygen atoms in total. The molecule has 0 N–H and O–H groups in total. The molecule has 0 spiro atoms. The van der Waals surface area contributed by atoms with E-state index in [4.69, 9.17) is 4.74 Å². The summed E-state index contributed by atoms with van der Waals surface area (Å²) in [6, 6.07) is 4.99. The van der Waals surface area contributed by atoms with Crippen LogP contribution in [0.1, 0.15) is 18.4 Å². The SMILES string of the molecule is Cc1cccc([N+](=O)[O-])c1OCC1(CBr)CC1. The Balaban J connectivity index is 2.17. The topological polar surface area (TPSA) is 52.4 Å². The third-order valence-corrected chi connectivity index (χ3v) is 4.34. The lowest BCUT2D eigenvalue weighted by atomic mass is 10.1. The summed E-state index contributed by atoms with van der Waals surface area (Å²) < 4.78 is 5.68. The molecular formula is C12H14BrNO3. The number of halogens is 1. The van der Waals surface area contributed by atoms with Gasteiger partial charge in [0.25, 0.3) is 0 Å². The molecule has 92 valence electrons. The Kier molecular flexibility index (Phi) is 3.38. The minimum atomic E-state index is -0.393. The van der Waals surface area contributed by atoms with E-state index < -0.39 is 4.92 Å². The Bertz CT molecular complexity index is 443. The molecule has 1 aliphatic rings. The highest BCUT2D eigenvalue weighted by molar-refractivity contribution is 9.09. The second kappa shape index (κ2) is 4.64. The average molecular weight is 300 g/mol. The zero-order valence-corrected chi connectivity index (χ0v) is 11.2. The van der Waals surface area contributed by atoms with Crippen LogP contribution in [0.15, 0.2) is 18.2 Å². The molecular weight excluding hydrogens is 286 g/mol. The van der Waals surface area contributed by atoms with Gasteiger partial charge in [-0.25, -0.2) is 0 Å². The van der Waals surface area contributed by atoms with E-state index in [9.17, 15) is 10.1 Å². The van der Waals surface area contributed by atoms with Gasteiger partial charge in [-0.05, 0) is 25.3 Å². The second-order valence-electron chi connectivity index (χ2n) is 4.60. The summed E-state index contributed by atoms with van der Waals surface area (Å²) >= 11 is 3.46. The van der Waals surface area contributed by atoms with E-state index >= 15 is 0 Å². The fourth-order valence-electron chi connectivity index (χ4n) is 1.69. The monoisotopic (exact) mass is 299 g/mol. The standard InChI is InChI=1S/C12H14BrNO3/c1-9-3-2-4-10(14(15)16)11(9)17-8-12(7-13)5-6-12/h2-4H,5-8H2,1H3. The number of para-hydroxylation sites is 1. The maximum Gasteiger partial charge on any atom is 0.311 e. The number of ether oxygens (including phenoxy) is 1. The van der Waals surface area contributed by atoms with Crippen molar-refractivity contribution in [2.45, 2.75) is 19.8 Å². The fourth-order valence-corrected chi connectivity index (χ4v) is 2.41. The van der Waals surface area contributed by atoms with Crippen molar-refractivity contribution < 1.29 is 9.66 Å². The van der Waals surface area contributed by atoms with E-state index in [1.807, 2.05) is 13.0 Å². The highest BCUT2D eigenvalue weighted by atomic mass is 79.9. The van der Waals surface area contributed by atoms with Crippen molar-refractivity contribution in [2.24, 2.45) is 5.41 Å². The van der Waals surface area contributed by atoms with Crippen LogP contribution in [-0.4, -0.2) is 16.9 Å². The van der Waals surface area contributed by atoms with Crippen LogP contribution in [0.5, 0.6) is 5.75 Å². The number of rotatable bonds is 5. The van der Waals surface area contributed by atoms with Crippen molar-refractivity contribution in [3.63, 3.8) is 0 Å². The van der Waals surface area contributed by atoms with Crippen molar-refractivity contribution >= 4 is 21.6 Å². The van der Waals surface area contributed by atoms with Crippen LogP contribution < -0.4 is 4.74 Å². The number of aryl methyl sites for hydroxylation is 1. The first-order chi connectivity index (χ1) is 8.08. The number of hydrogen-bond donors (Lipinski definition) is 0. The minimum absolute atomic E-state index is 0.0513. The molecule has 1 aromatic carbocycles. The van der Waals surface area contributed by atoms with Crippen LogP contribution >= 0.6 is 15.9 Å². The predicted molar refractivity (Wildman–Crippen MR) is 68.8 cm³/mol. The molecule has 5 heteroatoms. The van der Waals surface area contributed by atoms with Crippen LogP contribution in [0.4, 0.5) is 5.69 Å². The Morgan fingerprint density at radius 2 is 2.24 bits per heavy atom. The van der Waals surface area contributed by atoms with Gasteiger partial charge in [-0.3, -0.25) is 10.1 Å². The van der Waals surface area contributed by atoms with Crippen molar-refractivity contribution in [2.75, 3.05) is 11.9 Å². The van der Waals surface area contributed by atoms with Gasteiger partial charge in [-0.1, -0.05) is 28.1 Å². The molecule has 2 rings (SSSR count). The Hall–Kier alpha value is -1.10. The molecule has 1 aromatic rings. The molecule has 0 unspecified atom stereocenters. The highest BCUT2D eigenvalue weighted by Gasteiger charge is 2.42. The van der Waals surface area contributed by atoms with Gasteiger partial charge in [0.15, 0.2) is 5.75 Å². The first kappa shape index (κ1) is 12.4. The Morgan fingerprint density at radius 1 is 1.53 bits per heavy atom. The summed E-state index contributed by atoms with van der Waals surface area (Å²) in [7, 11) is 0. The summed E-state index contributed by atoms with van der Waals surface area (Å²) in [6.45, 7) is 2.37. The van der Waals surface area contributed by atoms with E-state index in [1.165, 1.54) is 6.07 Å². The second-order valence-corrected chi connectivity index (χ2v) is 5.16. The van der Waals surface area contributed by atoms with Crippen molar-refractivity contribution in [1.82, 2.24) is 0 Å². The molecule has 0 atom stereocenters. The number of hydrogen-bond acceptors (Lipinski definition) is 3. The Morgan fingerprint density at radius 3 is 2.76 bits per heavy atom. The molecule has 17 heavy (non-hydrogen) atoms. The molecule has 0 saturated heterocycles. The van der Waals surface area contributed by atoms with E-state index in [0.717, 1.165) is 23.7 Å². The molecule has 1 fully saturated rings. The summed E-state index contributed by atoms with van der Waals surface area (Å²) in [5, 5.41) is 11.8. The molecule has 1 saturated carbocycles. The van der Waals surface area contributed by atoms with Gasteiger partial charge in [0.2, 0.25) is 0 Å². The molecule has 0 heterocycles. The maximum atomic E-state index is 10.9. The van der Waals surface area contributed by atoms with E-state index in [0.29, 0.717) is 12.4 Å². The van der Waals surface area contributed by atoms with Gasteiger partial charge in [-0.2, -0.15) is 0 Å². The summed E-state index contributed by atoms with van der Waals surface area (Å²) in [5.74, 6) is 0.407. The van der Waals surface area contributed by atoms with Crippen molar-refractivity contribution in [3.05, 3.63) is 33.9 Å². The maximum absolute atomic E-state index is 10.9. The van der Waals surface area contributed by atoms with Crippen LogP contribution in [0.3, 0.4) is 0 Å². The lowest BCUT2D eigenvalue weighted by Gasteiger charge is -2.14. The number of nitrogens with zero attached hydrogens (tertiary/aromatic N) is 1. The van der Waals surface area contributed by atoms with Crippen LogP contribution in [0, 0.1) is 22.5 Å². The molecule has 0 aliphatic heterocycles. The minimum Gasteiger partial charge on any atom is -0.486 e. The third kappa shape index (κ3) is 2.60. The van der Waals surface area contributed by atoms with Crippen molar-refractivity contribution in [3.8, 4) is 5.75 Å².